The second kappa shape index (κ2) is 11.5. The van der Waals surface area contributed by atoms with E-state index in [0.717, 1.165) is 55.7 Å². The lowest BCUT2D eigenvalue weighted by Gasteiger charge is -2.40. The van der Waals surface area contributed by atoms with Crippen molar-refractivity contribution in [1.29, 1.82) is 0 Å². The molecule has 1 unspecified atom stereocenters. The molecule has 0 bridgehead atoms. The highest BCUT2D eigenvalue weighted by Gasteiger charge is 2.40. The summed E-state index contributed by atoms with van der Waals surface area (Å²) >= 11 is 0. The number of hydrogen-bond acceptors (Lipinski definition) is 3. The Hall–Kier alpha value is -6.57. The van der Waals surface area contributed by atoms with Crippen molar-refractivity contribution in [3.63, 3.8) is 0 Å². The average Bonchev–Trinajstić information content (AvgIpc) is 3.84. The molecule has 5 heterocycles. The Morgan fingerprint density at radius 2 is 1.28 bits per heavy atom. The number of para-hydroxylation sites is 3. The van der Waals surface area contributed by atoms with E-state index in [4.69, 9.17) is 4.98 Å². The van der Waals surface area contributed by atoms with E-state index in [1.165, 1.54) is 26.7 Å². The second-order valence-electron chi connectivity index (χ2n) is 14.8. The van der Waals surface area contributed by atoms with E-state index in [9.17, 15) is 0 Å². The Bertz CT molecular complexity index is 3130. The van der Waals surface area contributed by atoms with Crippen molar-refractivity contribution < 1.29 is 4.39 Å². The molecular formula is C47H34FN5Si. The molecule has 11 rings (SSSR count). The lowest BCUT2D eigenvalue weighted by molar-refractivity contribution is 0.402. The third kappa shape index (κ3) is 4.36. The van der Waals surface area contributed by atoms with Crippen LogP contribution in [0, 0.1) is 0 Å². The molecule has 1 atom stereocenters. The summed E-state index contributed by atoms with van der Waals surface area (Å²) in [6.45, 7) is 4.83. The largest absolute Gasteiger partial charge is 0.309 e. The zero-order valence-electron chi connectivity index (χ0n) is 29.8. The first-order valence-corrected chi connectivity index (χ1v) is 21.4. The highest BCUT2D eigenvalue weighted by molar-refractivity contribution is 7.02. The highest BCUT2D eigenvalue weighted by atomic mass is 28.3. The summed E-state index contributed by atoms with van der Waals surface area (Å²) in [5.74, 6) is 0.912. The van der Waals surface area contributed by atoms with E-state index < -0.39 is 14.2 Å². The van der Waals surface area contributed by atoms with Crippen molar-refractivity contribution >= 4 is 84.8 Å². The molecule has 4 aromatic heterocycles. The monoisotopic (exact) mass is 715 g/mol. The molecule has 1 aliphatic heterocycles. The van der Waals surface area contributed by atoms with Crippen LogP contribution in [0.1, 0.15) is 17.3 Å². The fourth-order valence-corrected chi connectivity index (χ4v) is 11.8. The summed E-state index contributed by atoms with van der Waals surface area (Å²) in [5.41, 5.74) is 8.47. The maximum Gasteiger partial charge on any atom is 0.150 e. The number of benzene rings is 6. The van der Waals surface area contributed by atoms with Crippen LogP contribution in [-0.4, -0.2) is 27.0 Å². The zero-order chi connectivity index (χ0) is 36.1. The number of hydrogen-bond donors (Lipinski definition) is 0. The standard InChI is InChI=1S/C47H34FN5Si/c1-54(2)43-20-11-23-49-47(43)53(42-29-41-37(28-44(42)54)36-17-7-9-19-40(36)52(41)32-13-4-3-5-14-32)33-15-10-12-30(26-33)45(48)31-21-22-34-35-16-6-8-18-39(35)51-25-24-50-46(51)38(34)27-31/h3-29,45H,1-2H3. The Morgan fingerprint density at radius 3 is 2.13 bits per heavy atom. The van der Waals surface area contributed by atoms with Crippen molar-refractivity contribution in [2.24, 2.45) is 0 Å². The molecule has 54 heavy (non-hydrogen) atoms. The molecular weight excluding hydrogens is 682 g/mol. The van der Waals surface area contributed by atoms with Crippen LogP contribution in [0.15, 0.2) is 164 Å². The predicted octanol–water partition coefficient (Wildman–Crippen LogP) is 10.8. The smallest absolute Gasteiger partial charge is 0.150 e. The number of aromatic nitrogens is 4. The lowest BCUT2D eigenvalue weighted by Crippen LogP contribution is -2.58. The molecule has 0 radical (unpaired) electrons. The van der Waals surface area contributed by atoms with Gasteiger partial charge in [0.25, 0.3) is 0 Å². The minimum Gasteiger partial charge on any atom is -0.309 e. The molecule has 1 aliphatic rings. The summed E-state index contributed by atoms with van der Waals surface area (Å²) in [6, 6.07) is 50.5. The van der Waals surface area contributed by atoms with Crippen LogP contribution in [-0.2, 0) is 0 Å². The third-order valence-electron chi connectivity index (χ3n) is 11.5. The first kappa shape index (κ1) is 31.0. The van der Waals surface area contributed by atoms with E-state index in [1.54, 1.807) is 0 Å². The van der Waals surface area contributed by atoms with Gasteiger partial charge in [0.2, 0.25) is 0 Å². The number of fused-ring (bicyclic) bond motifs is 11. The molecule has 0 amide bonds. The fourth-order valence-electron chi connectivity index (χ4n) is 8.89. The summed E-state index contributed by atoms with van der Waals surface area (Å²) in [4.78, 5) is 12.0. The van der Waals surface area contributed by atoms with E-state index in [2.05, 4.69) is 123 Å². The highest BCUT2D eigenvalue weighted by Crippen LogP contribution is 2.43. The minimum atomic E-state index is -2.23. The molecule has 0 saturated heterocycles. The van der Waals surface area contributed by atoms with Gasteiger partial charge >= 0.3 is 0 Å². The van der Waals surface area contributed by atoms with Crippen LogP contribution in [0.4, 0.5) is 21.6 Å². The van der Waals surface area contributed by atoms with Crippen LogP contribution >= 0.6 is 0 Å². The van der Waals surface area contributed by atoms with Gasteiger partial charge < -0.3 is 4.57 Å². The SMILES string of the molecule is C[Si]1(C)c2cc3c4ccccc4n(-c4ccccc4)c3cc2N(c2cccc(C(F)c3ccc4c5ccccc5n5ccnc5c4c3)c2)c2ncccc21. The molecule has 0 saturated carbocycles. The molecule has 6 aromatic carbocycles. The van der Waals surface area contributed by atoms with Crippen LogP contribution in [0.3, 0.4) is 0 Å². The van der Waals surface area contributed by atoms with Crippen LogP contribution in [0.2, 0.25) is 13.1 Å². The maximum absolute atomic E-state index is 17.0. The van der Waals surface area contributed by atoms with Crippen molar-refractivity contribution in [2.45, 2.75) is 19.3 Å². The topological polar surface area (TPSA) is 38.4 Å². The van der Waals surface area contributed by atoms with Gasteiger partial charge in [-0.05, 0) is 81.5 Å². The van der Waals surface area contributed by atoms with E-state index in [0.29, 0.717) is 11.1 Å². The van der Waals surface area contributed by atoms with E-state index in [-0.39, 0.29) is 0 Å². The molecule has 5 nitrogen and oxygen atoms in total. The lowest BCUT2D eigenvalue weighted by atomic mass is 9.97. The molecule has 0 N–H and O–H groups in total. The third-order valence-corrected chi connectivity index (χ3v) is 15.0. The first-order chi connectivity index (χ1) is 26.5. The van der Waals surface area contributed by atoms with Crippen LogP contribution < -0.4 is 15.3 Å². The van der Waals surface area contributed by atoms with Gasteiger partial charge in [-0.3, -0.25) is 9.30 Å². The van der Waals surface area contributed by atoms with Gasteiger partial charge in [-0.1, -0.05) is 104 Å². The van der Waals surface area contributed by atoms with Gasteiger partial charge in [0.1, 0.15) is 19.5 Å². The summed E-state index contributed by atoms with van der Waals surface area (Å²) in [5, 5.41) is 8.16. The number of imidazole rings is 1. The van der Waals surface area contributed by atoms with Gasteiger partial charge in [0.05, 0.1) is 16.6 Å². The predicted molar refractivity (Wildman–Crippen MR) is 223 cm³/mol. The summed E-state index contributed by atoms with van der Waals surface area (Å²) in [7, 11) is -2.23. The Labute approximate surface area is 312 Å². The molecule has 0 fully saturated rings. The Balaban J connectivity index is 1.10. The van der Waals surface area contributed by atoms with Gasteiger partial charge in [-0.2, -0.15) is 0 Å². The molecule has 0 aliphatic carbocycles. The minimum absolute atomic E-state index is 0.590. The van der Waals surface area contributed by atoms with E-state index in [1.807, 2.05) is 73.2 Å². The summed E-state index contributed by atoms with van der Waals surface area (Å²) in [6.07, 6.45) is 4.30. The normalized spacial score (nSPS) is 14.2. The van der Waals surface area contributed by atoms with Crippen molar-refractivity contribution in [1.82, 2.24) is 18.9 Å². The molecule has 10 aromatic rings. The number of nitrogens with zero attached hydrogens (tertiary/aromatic N) is 5. The van der Waals surface area contributed by atoms with Crippen molar-refractivity contribution in [2.75, 3.05) is 4.90 Å². The van der Waals surface area contributed by atoms with Crippen LogP contribution in [0.5, 0.6) is 0 Å². The second-order valence-corrected chi connectivity index (χ2v) is 19.1. The quantitative estimate of drug-likeness (QED) is 0.135. The number of rotatable bonds is 4. The van der Waals surface area contributed by atoms with Gasteiger partial charge in [0.15, 0.2) is 6.17 Å². The molecule has 0 spiro atoms. The average molecular weight is 716 g/mol. The van der Waals surface area contributed by atoms with Crippen molar-refractivity contribution in [3.8, 4) is 5.69 Å². The van der Waals surface area contributed by atoms with Crippen molar-refractivity contribution in [3.05, 3.63) is 175 Å². The molecule has 258 valence electrons. The number of anilines is 3. The fraction of sp³-hybridized carbons (Fsp3) is 0.0638. The van der Waals surface area contributed by atoms with Gasteiger partial charge in [-0.15, -0.1) is 0 Å². The maximum atomic E-state index is 17.0. The van der Waals surface area contributed by atoms with Gasteiger partial charge in [-0.25, -0.2) is 14.4 Å². The zero-order valence-corrected chi connectivity index (χ0v) is 30.8. The molecule has 7 heteroatoms. The first-order valence-electron chi connectivity index (χ1n) is 18.4. The van der Waals surface area contributed by atoms with Crippen LogP contribution in [0.25, 0.3) is 54.8 Å². The number of halogens is 1. The van der Waals surface area contributed by atoms with Gasteiger partial charge in [0, 0.05) is 57.2 Å². The Morgan fingerprint density at radius 1 is 0.537 bits per heavy atom. The number of pyridine rings is 2. The number of alkyl halides is 1. The van der Waals surface area contributed by atoms with E-state index >= 15 is 4.39 Å². The Kier molecular flexibility index (Phi) is 6.58. The summed E-state index contributed by atoms with van der Waals surface area (Å²) < 4.78 is 21.5.